The zero-order valence-corrected chi connectivity index (χ0v) is 18.1. The summed E-state index contributed by atoms with van der Waals surface area (Å²) in [5, 5.41) is 10.6. The Morgan fingerprint density at radius 2 is 2.03 bits per heavy atom. The fourth-order valence-electron chi connectivity index (χ4n) is 3.65. The average Bonchev–Trinajstić information content (AvgIpc) is 2.77. The Labute approximate surface area is 175 Å². The maximum atomic E-state index is 11.1. The number of ether oxygens (including phenoxy) is 3. The highest BCUT2D eigenvalue weighted by Gasteiger charge is 2.35. The van der Waals surface area contributed by atoms with Crippen LogP contribution in [-0.2, 0) is 18.6 Å². The normalized spacial score (nSPS) is 18.3. The maximum absolute atomic E-state index is 11.1. The number of anilines is 1. The Morgan fingerprint density at radius 3 is 2.67 bits per heavy atom. The minimum absolute atomic E-state index is 0.145. The molecule has 2 heterocycles. The first-order valence-electron chi connectivity index (χ1n) is 9.70. The summed E-state index contributed by atoms with van der Waals surface area (Å²) in [6, 6.07) is 5.78. The van der Waals surface area contributed by atoms with Gasteiger partial charge in [-0.15, -0.1) is 0 Å². The van der Waals surface area contributed by atoms with E-state index in [4.69, 9.17) is 23.6 Å². The average molecular weight is 441 g/mol. The van der Waals surface area contributed by atoms with Crippen molar-refractivity contribution < 1.29 is 33.3 Å². The molecule has 0 radical (unpaired) electrons. The second-order valence-electron chi connectivity index (χ2n) is 7.16. The number of hydrogen-bond acceptors (Lipinski definition) is 9. The summed E-state index contributed by atoms with van der Waals surface area (Å²) in [5.74, 6) is 0.151. The van der Waals surface area contributed by atoms with Crippen LogP contribution in [0.3, 0.4) is 0 Å². The van der Waals surface area contributed by atoms with Gasteiger partial charge in [0.1, 0.15) is 36.6 Å². The van der Waals surface area contributed by atoms with E-state index in [0.717, 1.165) is 42.7 Å². The molecule has 1 aromatic carbocycles. The molecule has 2 N–H and O–H groups in total. The molecule has 0 amide bonds. The van der Waals surface area contributed by atoms with Gasteiger partial charge in [0, 0.05) is 25.6 Å². The molecule has 166 valence electrons. The summed E-state index contributed by atoms with van der Waals surface area (Å²) in [6.45, 7) is 1.10. The van der Waals surface area contributed by atoms with Crippen molar-refractivity contribution in [3.8, 4) is 5.75 Å². The molecule has 30 heavy (non-hydrogen) atoms. The molecule has 1 aliphatic heterocycles. The quantitative estimate of drug-likeness (QED) is 0.415. The van der Waals surface area contributed by atoms with Crippen LogP contribution in [0.5, 0.6) is 5.75 Å². The van der Waals surface area contributed by atoms with Gasteiger partial charge in [0.15, 0.2) is 0 Å². The zero-order valence-electron chi connectivity index (χ0n) is 17.1. The number of aromatic nitrogens is 2. The molecule has 0 saturated carbocycles. The lowest BCUT2D eigenvalue weighted by molar-refractivity contribution is -0.235. The van der Waals surface area contributed by atoms with E-state index in [-0.39, 0.29) is 19.1 Å². The van der Waals surface area contributed by atoms with E-state index in [1.807, 2.05) is 18.2 Å². The predicted octanol–water partition coefficient (Wildman–Crippen LogP) is 1.60. The monoisotopic (exact) mass is 441 g/mol. The van der Waals surface area contributed by atoms with Crippen molar-refractivity contribution in [1.82, 2.24) is 9.97 Å². The maximum Gasteiger partial charge on any atom is 0.319 e. The Morgan fingerprint density at radius 1 is 1.27 bits per heavy atom. The molecule has 11 heteroatoms. The van der Waals surface area contributed by atoms with E-state index in [1.54, 1.807) is 13.4 Å². The Balaban J connectivity index is 1.64. The van der Waals surface area contributed by atoms with Gasteiger partial charge in [-0.3, -0.25) is 9.09 Å². The predicted molar refractivity (Wildman–Crippen MR) is 111 cm³/mol. The Kier molecular flexibility index (Phi) is 7.99. The molecule has 1 aromatic heterocycles. The van der Waals surface area contributed by atoms with Gasteiger partial charge in [-0.25, -0.2) is 9.97 Å². The van der Waals surface area contributed by atoms with Crippen molar-refractivity contribution in [2.75, 3.05) is 52.0 Å². The molecule has 2 atom stereocenters. The van der Waals surface area contributed by atoms with Crippen LogP contribution >= 0.6 is 8.25 Å². The van der Waals surface area contributed by atoms with Crippen molar-refractivity contribution in [2.24, 2.45) is 5.92 Å². The molecule has 2 aromatic rings. The van der Waals surface area contributed by atoms with Crippen molar-refractivity contribution in [3.63, 3.8) is 0 Å². The van der Waals surface area contributed by atoms with E-state index < -0.39 is 20.6 Å². The van der Waals surface area contributed by atoms with Crippen molar-refractivity contribution >= 4 is 25.0 Å². The fraction of sp³-hybridized carbons (Fsp3) is 0.579. The number of para-hydroxylation sites is 1. The summed E-state index contributed by atoms with van der Waals surface area (Å²) < 4.78 is 32.2. The minimum Gasteiger partial charge on any atom is -0.494 e. The highest BCUT2D eigenvalue weighted by molar-refractivity contribution is 7.32. The summed E-state index contributed by atoms with van der Waals surface area (Å²) in [5.41, 5.74) is 0.777. The Hall–Kier alpha value is -1.81. The summed E-state index contributed by atoms with van der Waals surface area (Å²) in [4.78, 5) is 20.2. The minimum atomic E-state index is -3.30. The summed E-state index contributed by atoms with van der Waals surface area (Å²) in [7, 11) is -0.267. The lowest BCUT2D eigenvalue weighted by atomic mass is 9.97. The fourth-order valence-corrected chi connectivity index (χ4v) is 4.15. The van der Waals surface area contributed by atoms with Gasteiger partial charge in [0.05, 0.1) is 13.7 Å². The van der Waals surface area contributed by atoms with Gasteiger partial charge < -0.3 is 29.1 Å². The van der Waals surface area contributed by atoms with Crippen LogP contribution in [-0.4, -0.2) is 72.9 Å². The van der Waals surface area contributed by atoms with Gasteiger partial charge in [0.2, 0.25) is 5.79 Å². The third-order valence-corrected chi connectivity index (χ3v) is 5.75. The molecule has 1 aliphatic rings. The van der Waals surface area contributed by atoms with Crippen LogP contribution in [0.1, 0.15) is 12.8 Å². The van der Waals surface area contributed by atoms with Gasteiger partial charge in [-0.05, 0) is 30.9 Å². The van der Waals surface area contributed by atoms with Crippen molar-refractivity contribution in [3.05, 3.63) is 24.5 Å². The highest BCUT2D eigenvalue weighted by atomic mass is 31.1. The molecule has 2 unspecified atom stereocenters. The second kappa shape index (κ2) is 10.5. The molecule has 1 saturated heterocycles. The molecule has 0 bridgehead atoms. The van der Waals surface area contributed by atoms with Crippen LogP contribution in [0.15, 0.2) is 24.5 Å². The molecule has 3 rings (SSSR count). The molecule has 1 fully saturated rings. The number of piperidine rings is 1. The van der Waals surface area contributed by atoms with E-state index in [1.165, 1.54) is 7.11 Å². The van der Waals surface area contributed by atoms with Crippen molar-refractivity contribution in [2.45, 2.75) is 18.6 Å². The lowest BCUT2D eigenvalue weighted by Gasteiger charge is -2.36. The van der Waals surface area contributed by atoms with E-state index in [2.05, 4.69) is 14.9 Å². The molecular weight excluding hydrogens is 413 g/mol. The number of hydrogen-bond donors (Lipinski definition) is 2. The van der Waals surface area contributed by atoms with Crippen LogP contribution < -0.4 is 9.64 Å². The van der Waals surface area contributed by atoms with Crippen LogP contribution in [0.25, 0.3) is 10.9 Å². The van der Waals surface area contributed by atoms with Crippen LogP contribution in [0.2, 0.25) is 0 Å². The van der Waals surface area contributed by atoms with Gasteiger partial charge in [-0.1, -0.05) is 6.07 Å². The smallest absolute Gasteiger partial charge is 0.319 e. The van der Waals surface area contributed by atoms with Gasteiger partial charge in [-0.2, -0.15) is 0 Å². The van der Waals surface area contributed by atoms with Crippen LogP contribution in [0.4, 0.5) is 5.82 Å². The molecule has 0 aliphatic carbocycles. The van der Waals surface area contributed by atoms with Crippen LogP contribution in [0, 0.1) is 5.92 Å². The topological polar surface area (TPSA) is 123 Å². The number of aliphatic hydroxyl groups is 1. The van der Waals surface area contributed by atoms with E-state index >= 15 is 0 Å². The highest BCUT2D eigenvalue weighted by Crippen LogP contribution is 2.33. The third kappa shape index (κ3) is 5.26. The largest absolute Gasteiger partial charge is 0.494 e. The molecule has 10 nitrogen and oxygen atoms in total. The number of methoxy groups -OCH3 is 2. The van der Waals surface area contributed by atoms with Gasteiger partial charge in [0.25, 0.3) is 0 Å². The van der Waals surface area contributed by atoms with Gasteiger partial charge >= 0.3 is 8.25 Å². The lowest BCUT2D eigenvalue weighted by Crippen LogP contribution is -2.45. The summed E-state index contributed by atoms with van der Waals surface area (Å²) in [6.07, 6.45) is 3.21. The number of rotatable bonds is 10. The first kappa shape index (κ1) is 22.9. The standard InChI is InChI=1S/C19H28N3O7P/c1-26-12-19(11-23,29-30(24)25)28-10-14-6-8-22(9-7-14)18-15-4-3-5-16(27-2)17(15)20-13-21-18/h3-5,13-14,23,30H,6-12H2,1-2H3,(H,24,25). The third-order valence-electron chi connectivity index (χ3n) is 5.20. The van der Waals surface area contributed by atoms with E-state index in [0.29, 0.717) is 5.75 Å². The molecular formula is C19H28N3O7P. The second-order valence-corrected chi connectivity index (χ2v) is 7.90. The molecule has 0 spiro atoms. The zero-order chi connectivity index (χ0) is 21.6. The first-order chi connectivity index (χ1) is 14.5. The SMILES string of the molecule is COCC(CO)(OCC1CCN(c2ncnc3c(OC)cccc23)CC1)O[PH](=O)O. The van der Waals surface area contributed by atoms with Crippen molar-refractivity contribution in [1.29, 1.82) is 0 Å². The van der Waals surface area contributed by atoms with E-state index in [9.17, 15) is 9.67 Å². The number of nitrogens with zero attached hydrogens (tertiary/aromatic N) is 3. The number of benzene rings is 1. The summed E-state index contributed by atoms with van der Waals surface area (Å²) >= 11 is 0. The Bertz CT molecular complexity index is 863. The first-order valence-corrected chi connectivity index (χ1v) is 11.0. The number of fused-ring (bicyclic) bond motifs is 1. The number of aliphatic hydroxyl groups excluding tert-OH is 1.